The highest BCUT2D eigenvalue weighted by molar-refractivity contribution is 5.82. The Morgan fingerprint density at radius 3 is 2.55 bits per heavy atom. The third-order valence-corrected chi connectivity index (χ3v) is 4.83. The molecule has 0 aliphatic heterocycles. The van der Waals surface area contributed by atoms with Gasteiger partial charge in [0.15, 0.2) is 0 Å². The Balaban J connectivity index is 1.57. The van der Waals surface area contributed by atoms with Crippen LogP contribution in [0, 0.1) is 18.3 Å². The molecule has 0 aliphatic carbocycles. The van der Waals surface area contributed by atoms with Gasteiger partial charge in [-0.3, -0.25) is 9.59 Å². The van der Waals surface area contributed by atoms with E-state index in [4.69, 9.17) is 9.47 Å². The Morgan fingerprint density at radius 2 is 1.88 bits per heavy atom. The maximum atomic E-state index is 12.6. The first-order valence-corrected chi connectivity index (χ1v) is 10.2. The smallest absolute Gasteiger partial charge is 0.269 e. The van der Waals surface area contributed by atoms with Gasteiger partial charge in [-0.25, -0.2) is 5.43 Å². The van der Waals surface area contributed by atoms with Crippen molar-refractivity contribution in [2.75, 3.05) is 7.11 Å². The van der Waals surface area contributed by atoms with Crippen LogP contribution in [0.2, 0.25) is 0 Å². The molecular formula is C25H24N4O4. The van der Waals surface area contributed by atoms with Crippen molar-refractivity contribution >= 4 is 12.1 Å². The van der Waals surface area contributed by atoms with E-state index in [1.54, 1.807) is 13.0 Å². The standard InChI is InChI=1S/C25H24N4O4/c1-18-12-21(17-32-2)23(13-26)25(31)29(18)15-24(30)28-27-14-19-8-10-22(11-9-19)33-16-20-6-4-3-5-7-20/h3-12,14H,15-17H2,1-2H3,(H,28,30)/b27-14-. The average Bonchev–Trinajstić information content (AvgIpc) is 2.82. The van der Waals surface area contributed by atoms with E-state index in [1.807, 2.05) is 60.7 Å². The molecule has 3 aromatic rings. The third-order valence-electron chi connectivity index (χ3n) is 4.83. The van der Waals surface area contributed by atoms with Gasteiger partial charge < -0.3 is 14.0 Å². The van der Waals surface area contributed by atoms with Crippen LogP contribution in [-0.4, -0.2) is 23.8 Å². The fourth-order valence-corrected chi connectivity index (χ4v) is 3.17. The van der Waals surface area contributed by atoms with Crippen molar-refractivity contribution in [3.63, 3.8) is 0 Å². The van der Waals surface area contributed by atoms with E-state index in [9.17, 15) is 14.9 Å². The summed E-state index contributed by atoms with van der Waals surface area (Å²) in [6.45, 7) is 2.06. The lowest BCUT2D eigenvalue weighted by Crippen LogP contribution is -2.33. The number of nitrogens with one attached hydrogen (secondary N) is 1. The topological polar surface area (TPSA) is 106 Å². The molecule has 2 aromatic carbocycles. The molecule has 168 valence electrons. The fourth-order valence-electron chi connectivity index (χ4n) is 3.17. The van der Waals surface area contributed by atoms with Gasteiger partial charge in [-0.2, -0.15) is 10.4 Å². The molecule has 0 saturated carbocycles. The lowest BCUT2D eigenvalue weighted by atomic mass is 10.1. The highest BCUT2D eigenvalue weighted by Crippen LogP contribution is 2.13. The number of benzene rings is 2. The number of amides is 1. The highest BCUT2D eigenvalue weighted by atomic mass is 16.5. The van der Waals surface area contributed by atoms with Gasteiger partial charge in [0.05, 0.1) is 12.8 Å². The molecule has 8 heteroatoms. The number of carbonyl (C=O) groups is 1. The number of nitrogens with zero attached hydrogens (tertiary/aromatic N) is 3. The van der Waals surface area contributed by atoms with E-state index < -0.39 is 11.5 Å². The van der Waals surface area contributed by atoms with Crippen LogP contribution in [-0.2, 0) is 29.3 Å². The van der Waals surface area contributed by atoms with Crippen LogP contribution in [0.4, 0.5) is 0 Å². The Hall–Kier alpha value is -4.22. The zero-order valence-electron chi connectivity index (χ0n) is 18.4. The van der Waals surface area contributed by atoms with Crippen LogP contribution in [0.5, 0.6) is 5.75 Å². The number of hydrogen-bond acceptors (Lipinski definition) is 6. The lowest BCUT2D eigenvalue weighted by Gasteiger charge is -2.12. The van der Waals surface area contributed by atoms with Crippen molar-refractivity contribution in [3.05, 3.63) is 99.0 Å². The van der Waals surface area contributed by atoms with Crippen molar-refractivity contribution in [1.82, 2.24) is 9.99 Å². The zero-order chi connectivity index (χ0) is 23.6. The van der Waals surface area contributed by atoms with E-state index in [0.29, 0.717) is 17.9 Å². The SMILES string of the molecule is COCc1cc(C)n(CC(=O)N/N=C\c2ccc(OCc3ccccc3)cc2)c(=O)c1C#N. The number of hydrazone groups is 1. The van der Waals surface area contributed by atoms with Crippen LogP contribution in [0.15, 0.2) is 70.6 Å². The summed E-state index contributed by atoms with van der Waals surface area (Å²) in [6.07, 6.45) is 1.50. The van der Waals surface area contributed by atoms with Crippen molar-refractivity contribution in [3.8, 4) is 11.8 Å². The Labute approximate surface area is 191 Å². The number of aromatic nitrogens is 1. The number of rotatable bonds is 9. The fraction of sp³-hybridized carbons (Fsp3) is 0.200. The molecule has 1 N–H and O–H groups in total. The van der Waals surface area contributed by atoms with Gasteiger partial charge in [-0.05, 0) is 48.4 Å². The van der Waals surface area contributed by atoms with Gasteiger partial charge in [-0.1, -0.05) is 30.3 Å². The molecule has 8 nitrogen and oxygen atoms in total. The van der Waals surface area contributed by atoms with Gasteiger partial charge in [0.2, 0.25) is 0 Å². The van der Waals surface area contributed by atoms with Gasteiger partial charge in [-0.15, -0.1) is 0 Å². The van der Waals surface area contributed by atoms with Crippen LogP contribution in [0.1, 0.15) is 27.9 Å². The first-order chi connectivity index (χ1) is 16.0. The third kappa shape index (κ3) is 6.38. The Morgan fingerprint density at radius 1 is 1.15 bits per heavy atom. The Kier molecular flexibility index (Phi) is 8.11. The van der Waals surface area contributed by atoms with Crippen LogP contribution < -0.4 is 15.7 Å². The predicted molar refractivity (Wildman–Crippen MR) is 124 cm³/mol. The second kappa shape index (κ2) is 11.4. The molecule has 0 fully saturated rings. The zero-order valence-corrected chi connectivity index (χ0v) is 18.4. The minimum atomic E-state index is -0.533. The van der Waals surface area contributed by atoms with E-state index in [0.717, 1.165) is 16.9 Å². The van der Waals surface area contributed by atoms with Crippen molar-refractivity contribution < 1.29 is 14.3 Å². The summed E-state index contributed by atoms with van der Waals surface area (Å²) in [5.74, 6) is 0.239. The summed E-state index contributed by atoms with van der Waals surface area (Å²) >= 11 is 0. The summed E-state index contributed by atoms with van der Waals surface area (Å²) < 4.78 is 12.0. The molecule has 0 saturated heterocycles. The highest BCUT2D eigenvalue weighted by Gasteiger charge is 2.14. The molecule has 0 bridgehead atoms. The maximum absolute atomic E-state index is 12.6. The number of hydrogen-bond donors (Lipinski definition) is 1. The van der Waals surface area contributed by atoms with Crippen molar-refractivity contribution in [1.29, 1.82) is 5.26 Å². The maximum Gasteiger partial charge on any atom is 0.269 e. The normalized spacial score (nSPS) is 10.7. The second-order valence-corrected chi connectivity index (χ2v) is 7.26. The summed E-state index contributed by atoms with van der Waals surface area (Å²) in [4.78, 5) is 24.9. The van der Waals surface area contributed by atoms with Crippen molar-refractivity contribution in [2.45, 2.75) is 26.7 Å². The molecule has 0 radical (unpaired) electrons. The van der Waals surface area contributed by atoms with E-state index in [1.165, 1.54) is 17.9 Å². The van der Waals surface area contributed by atoms with E-state index in [-0.39, 0.29) is 18.7 Å². The van der Waals surface area contributed by atoms with E-state index in [2.05, 4.69) is 10.5 Å². The van der Waals surface area contributed by atoms with Crippen molar-refractivity contribution in [2.24, 2.45) is 5.10 Å². The largest absolute Gasteiger partial charge is 0.489 e. The quantitative estimate of drug-likeness (QED) is 0.404. The van der Waals surface area contributed by atoms with Crippen LogP contribution in [0.3, 0.4) is 0 Å². The first-order valence-electron chi connectivity index (χ1n) is 10.2. The number of methoxy groups -OCH3 is 1. The van der Waals surface area contributed by atoms with Gasteiger partial charge in [0, 0.05) is 18.4 Å². The summed E-state index contributed by atoms with van der Waals surface area (Å²) in [5, 5.41) is 13.2. The summed E-state index contributed by atoms with van der Waals surface area (Å²) in [5.41, 5.74) is 4.73. The first kappa shape index (κ1) is 23.4. The van der Waals surface area contributed by atoms with Gasteiger partial charge >= 0.3 is 0 Å². The molecule has 33 heavy (non-hydrogen) atoms. The molecule has 0 spiro atoms. The lowest BCUT2D eigenvalue weighted by molar-refractivity contribution is -0.121. The minimum absolute atomic E-state index is 0.0340. The second-order valence-electron chi connectivity index (χ2n) is 7.26. The summed E-state index contributed by atoms with van der Waals surface area (Å²) in [6, 6.07) is 20.7. The molecule has 0 aliphatic rings. The molecule has 0 unspecified atom stereocenters. The van der Waals surface area contributed by atoms with E-state index >= 15 is 0 Å². The van der Waals surface area contributed by atoms with Gasteiger partial charge in [0.1, 0.15) is 30.5 Å². The number of carbonyl (C=O) groups excluding carboxylic acids is 1. The molecule has 1 amide bonds. The molecule has 1 aromatic heterocycles. The molecule has 1 heterocycles. The molecule has 3 rings (SSSR count). The minimum Gasteiger partial charge on any atom is -0.489 e. The van der Waals surface area contributed by atoms with Crippen LogP contribution in [0.25, 0.3) is 0 Å². The number of pyridine rings is 1. The monoisotopic (exact) mass is 444 g/mol. The van der Waals surface area contributed by atoms with Gasteiger partial charge in [0.25, 0.3) is 11.5 Å². The predicted octanol–water partition coefficient (Wildman–Crippen LogP) is 2.90. The number of ether oxygens (including phenoxy) is 2. The average molecular weight is 444 g/mol. The molecule has 0 atom stereocenters. The number of nitriles is 1. The Bertz CT molecular complexity index is 1230. The van der Waals surface area contributed by atoms with Crippen LogP contribution >= 0.6 is 0 Å². The molecular weight excluding hydrogens is 420 g/mol. The number of aryl methyl sites for hydroxylation is 1. The summed E-state index contributed by atoms with van der Waals surface area (Å²) in [7, 11) is 1.48.